The summed E-state index contributed by atoms with van der Waals surface area (Å²) in [5.41, 5.74) is 0.794. The maximum Gasteiger partial charge on any atom is 0.237 e. The lowest BCUT2D eigenvalue weighted by Crippen LogP contribution is -2.45. The maximum absolute atomic E-state index is 11.4. The fraction of sp³-hybridized carbons (Fsp3) is 0.417. The molecule has 0 bridgehead atoms. The number of thioether (sulfide) groups is 1. The summed E-state index contributed by atoms with van der Waals surface area (Å²) >= 11 is 1.61. The summed E-state index contributed by atoms with van der Waals surface area (Å²) in [5, 5.41) is 13.7. The summed E-state index contributed by atoms with van der Waals surface area (Å²) in [4.78, 5) is 23.2. The second kappa shape index (κ2) is 5.39. The van der Waals surface area contributed by atoms with Crippen LogP contribution in [0.4, 0.5) is 0 Å². The van der Waals surface area contributed by atoms with E-state index in [1.54, 1.807) is 11.8 Å². The molecule has 1 N–H and O–H groups in total. The van der Waals surface area contributed by atoms with Gasteiger partial charge in [0.1, 0.15) is 6.04 Å². The van der Waals surface area contributed by atoms with E-state index in [1.807, 2.05) is 30.5 Å². The lowest BCUT2D eigenvalue weighted by Gasteiger charge is -2.26. The zero-order chi connectivity index (χ0) is 13.1. The van der Waals surface area contributed by atoms with Gasteiger partial charge in [-0.1, -0.05) is 12.1 Å². The normalized spacial score (nSPS) is 23.5. The minimum atomic E-state index is -0.733. The van der Waals surface area contributed by atoms with E-state index in [0.717, 1.165) is 10.5 Å². The van der Waals surface area contributed by atoms with Gasteiger partial charge >= 0.3 is 0 Å². The molecule has 5 nitrogen and oxygen atoms in total. The minimum Gasteiger partial charge on any atom is -0.343 e. The maximum atomic E-state index is 11.4. The van der Waals surface area contributed by atoms with Crippen molar-refractivity contribution >= 4 is 17.7 Å². The summed E-state index contributed by atoms with van der Waals surface area (Å²) in [5.74, 6) is -0.118. The number of carbonyl (C=O) groups excluding carboxylic acids is 1. The van der Waals surface area contributed by atoms with Crippen LogP contribution in [0.25, 0.3) is 0 Å². The molecule has 1 aromatic carbocycles. The molecule has 1 aliphatic heterocycles. The van der Waals surface area contributed by atoms with Crippen molar-refractivity contribution in [1.29, 1.82) is 0 Å². The van der Waals surface area contributed by atoms with E-state index in [0.29, 0.717) is 6.42 Å². The molecule has 2 atom stereocenters. The number of rotatable bonds is 3. The van der Waals surface area contributed by atoms with Crippen molar-refractivity contribution in [3.63, 3.8) is 0 Å². The molecule has 0 aromatic heterocycles. The van der Waals surface area contributed by atoms with Crippen LogP contribution >= 0.6 is 11.8 Å². The van der Waals surface area contributed by atoms with Gasteiger partial charge in [-0.3, -0.25) is 14.9 Å². The van der Waals surface area contributed by atoms with Gasteiger partial charge in [0.15, 0.2) is 0 Å². The molecule has 0 aliphatic carbocycles. The van der Waals surface area contributed by atoms with E-state index >= 15 is 0 Å². The van der Waals surface area contributed by atoms with Crippen LogP contribution in [0.1, 0.15) is 24.4 Å². The number of nitro groups is 1. The highest BCUT2D eigenvalue weighted by Gasteiger charge is 2.37. The minimum absolute atomic E-state index is 0.118. The van der Waals surface area contributed by atoms with Crippen LogP contribution in [-0.4, -0.2) is 23.1 Å². The topological polar surface area (TPSA) is 72.2 Å². The number of nitrogens with zero attached hydrogens (tertiary/aromatic N) is 1. The Balaban J connectivity index is 2.25. The van der Waals surface area contributed by atoms with Crippen molar-refractivity contribution in [2.75, 3.05) is 6.26 Å². The van der Waals surface area contributed by atoms with Gasteiger partial charge in [-0.05, 0) is 24.0 Å². The number of nitrogens with one attached hydrogen (secondary N) is 1. The predicted octanol–water partition coefficient (Wildman–Crippen LogP) is 2.00. The Hall–Kier alpha value is -1.56. The van der Waals surface area contributed by atoms with Crippen molar-refractivity contribution in [3.8, 4) is 0 Å². The van der Waals surface area contributed by atoms with Crippen LogP contribution in [0.5, 0.6) is 0 Å². The zero-order valence-corrected chi connectivity index (χ0v) is 10.8. The van der Waals surface area contributed by atoms with Crippen molar-refractivity contribution < 1.29 is 9.72 Å². The number of hydrogen-bond donors (Lipinski definition) is 1. The highest BCUT2D eigenvalue weighted by Crippen LogP contribution is 2.27. The summed E-state index contributed by atoms with van der Waals surface area (Å²) in [7, 11) is 0. The first-order valence-corrected chi connectivity index (χ1v) is 6.91. The van der Waals surface area contributed by atoms with Gasteiger partial charge < -0.3 is 5.32 Å². The fourth-order valence-corrected chi connectivity index (χ4v) is 2.54. The van der Waals surface area contributed by atoms with Crippen molar-refractivity contribution in [2.24, 2.45) is 0 Å². The summed E-state index contributed by atoms with van der Waals surface area (Å²) in [6.45, 7) is 0. The standard InChI is InChI=1S/C12H14N2O3S/c1-18-9-4-2-8(3-5-9)12-10(14(16)17)6-7-11(15)13-12/h2-5,10,12H,6-7H2,1H3,(H,13,15)/t10-,12-/m0/s1. The van der Waals surface area contributed by atoms with Gasteiger partial charge in [0, 0.05) is 22.7 Å². The van der Waals surface area contributed by atoms with Crippen molar-refractivity contribution in [1.82, 2.24) is 5.32 Å². The Morgan fingerprint density at radius 3 is 2.61 bits per heavy atom. The Morgan fingerprint density at radius 2 is 2.06 bits per heavy atom. The molecule has 0 unspecified atom stereocenters. The van der Waals surface area contributed by atoms with E-state index in [2.05, 4.69) is 5.32 Å². The van der Waals surface area contributed by atoms with E-state index in [4.69, 9.17) is 0 Å². The quantitative estimate of drug-likeness (QED) is 0.516. The Morgan fingerprint density at radius 1 is 1.39 bits per heavy atom. The second-order valence-electron chi connectivity index (χ2n) is 4.21. The monoisotopic (exact) mass is 266 g/mol. The molecule has 1 fully saturated rings. The SMILES string of the molecule is CSc1ccc([C@@H]2NC(=O)CC[C@@H]2[N+](=O)[O-])cc1. The van der Waals surface area contributed by atoms with Gasteiger partial charge in [-0.2, -0.15) is 0 Å². The largest absolute Gasteiger partial charge is 0.343 e. The lowest BCUT2D eigenvalue weighted by molar-refractivity contribution is -0.529. The fourth-order valence-electron chi connectivity index (χ4n) is 2.13. The Bertz CT molecular complexity index is 461. The van der Waals surface area contributed by atoms with Crippen LogP contribution in [0.2, 0.25) is 0 Å². The molecule has 1 aliphatic rings. The van der Waals surface area contributed by atoms with E-state index < -0.39 is 12.1 Å². The third-order valence-corrected chi connectivity index (χ3v) is 3.86. The Labute approximate surface area is 109 Å². The molecule has 1 aromatic rings. The van der Waals surface area contributed by atoms with Crippen LogP contribution in [0.15, 0.2) is 29.2 Å². The van der Waals surface area contributed by atoms with Crippen LogP contribution in [0.3, 0.4) is 0 Å². The second-order valence-corrected chi connectivity index (χ2v) is 5.09. The smallest absolute Gasteiger partial charge is 0.237 e. The Kier molecular flexibility index (Phi) is 3.86. The van der Waals surface area contributed by atoms with Crippen LogP contribution < -0.4 is 5.32 Å². The molecule has 18 heavy (non-hydrogen) atoms. The average molecular weight is 266 g/mol. The molecule has 1 heterocycles. The van der Waals surface area contributed by atoms with Crippen LogP contribution in [-0.2, 0) is 4.79 Å². The van der Waals surface area contributed by atoms with E-state index in [1.165, 1.54) is 0 Å². The molecule has 0 spiro atoms. The predicted molar refractivity (Wildman–Crippen MR) is 69.1 cm³/mol. The van der Waals surface area contributed by atoms with Crippen molar-refractivity contribution in [2.45, 2.75) is 29.8 Å². The summed E-state index contributed by atoms with van der Waals surface area (Å²) in [6.07, 6.45) is 2.50. The number of piperidine rings is 1. The average Bonchev–Trinajstić information content (AvgIpc) is 2.38. The molecule has 6 heteroatoms. The third-order valence-electron chi connectivity index (χ3n) is 3.11. The van der Waals surface area contributed by atoms with E-state index in [9.17, 15) is 14.9 Å². The number of carbonyl (C=O) groups is 1. The molecular weight excluding hydrogens is 252 g/mol. The molecule has 0 radical (unpaired) electrons. The first-order chi connectivity index (χ1) is 8.61. The van der Waals surface area contributed by atoms with Crippen LogP contribution in [0, 0.1) is 10.1 Å². The van der Waals surface area contributed by atoms with Gasteiger partial charge in [-0.25, -0.2) is 0 Å². The third kappa shape index (κ3) is 2.64. The first-order valence-electron chi connectivity index (χ1n) is 5.68. The molecule has 2 rings (SSSR count). The lowest BCUT2D eigenvalue weighted by atomic mass is 9.92. The highest BCUT2D eigenvalue weighted by molar-refractivity contribution is 7.98. The molecule has 1 amide bonds. The summed E-state index contributed by atoms with van der Waals surface area (Å²) in [6, 6.07) is 6.27. The molecule has 96 valence electrons. The number of hydrogen-bond acceptors (Lipinski definition) is 4. The zero-order valence-electron chi connectivity index (χ0n) is 9.96. The van der Waals surface area contributed by atoms with Gasteiger partial charge in [0.25, 0.3) is 0 Å². The first kappa shape index (κ1) is 12.9. The van der Waals surface area contributed by atoms with E-state index in [-0.39, 0.29) is 17.3 Å². The number of amides is 1. The van der Waals surface area contributed by atoms with Gasteiger partial charge in [0.05, 0.1) is 0 Å². The van der Waals surface area contributed by atoms with Gasteiger partial charge in [-0.15, -0.1) is 11.8 Å². The molecule has 0 saturated carbocycles. The molecular formula is C12H14N2O3S. The van der Waals surface area contributed by atoms with Crippen molar-refractivity contribution in [3.05, 3.63) is 39.9 Å². The highest BCUT2D eigenvalue weighted by atomic mass is 32.2. The number of benzene rings is 1. The summed E-state index contributed by atoms with van der Waals surface area (Å²) < 4.78 is 0. The molecule has 1 saturated heterocycles. The van der Waals surface area contributed by atoms with Gasteiger partial charge in [0.2, 0.25) is 11.9 Å².